The van der Waals surface area contributed by atoms with E-state index in [4.69, 9.17) is 4.74 Å². The first-order valence-electron chi connectivity index (χ1n) is 6.52. The maximum Gasteiger partial charge on any atom is 0.362 e. The van der Waals surface area contributed by atoms with Crippen LogP contribution in [-0.2, 0) is 10.3 Å². The summed E-state index contributed by atoms with van der Waals surface area (Å²) in [6.07, 6.45) is -1.06. The molecule has 122 valence electrons. The number of ether oxygens (including phenoxy) is 1. The van der Waals surface area contributed by atoms with E-state index < -0.39 is 21.5 Å². The average molecular weight is 338 g/mol. The molecule has 0 aliphatic heterocycles. The number of nitrogens with zero attached hydrogens (tertiary/aromatic N) is 2. The van der Waals surface area contributed by atoms with Crippen molar-refractivity contribution in [2.45, 2.75) is 13.2 Å². The molecule has 23 heavy (non-hydrogen) atoms. The smallest absolute Gasteiger partial charge is 0.362 e. The standard InChI is InChI=1S/C14H14N2O6S/c1-11(22-14-9-7-13(8-10-14)16(17)18)15(23(19,20)21)12-5-3-2-4-6-12/h2-11H,1H3,(H,19,20,21). The zero-order valence-corrected chi connectivity index (χ0v) is 12.9. The van der Waals surface area contributed by atoms with Crippen molar-refractivity contribution < 1.29 is 22.6 Å². The molecule has 0 fully saturated rings. The van der Waals surface area contributed by atoms with Crippen LogP contribution in [0.25, 0.3) is 0 Å². The van der Waals surface area contributed by atoms with Gasteiger partial charge in [-0.15, -0.1) is 0 Å². The molecule has 1 N–H and O–H groups in total. The maximum absolute atomic E-state index is 11.6. The molecule has 1 atom stereocenters. The SMILES string of the molecule is CC(Oc1ccc([N+](=O)[O-])cc1)N(c1ccccc1)S(=O)(=O)O. The highest BCUT2D eigenvalue weighted by atomic mass is 32.2. The van der Waals surface area contributed by atoms with Crippen LogP contribution in [0.15, 0.2) is 54.6 Å². The zero-order chi connectivity index (χ0) is 17.0. The lowest BCUT2D eigenvalue weighted by atomic mass is 10.3. The molecule has 0 aliphatic carbocycles. The Kier molecular flexibility index (Phi) is 4.82. The van der Waals surface area contributed by atoms with Crippen molar-refractivity contribution in [3.63, 3.8) is 0 Å². The third-order valence-corrected chi connectivity index (χ3v) is 3.95. The minimum absolute atomic E-state index is 0.111. The minimum atomic E-state index is -4.56. The van der Waals surface area contributed by atoms with E-state index in [1.807, 2.05) is 0 Å². The Labute approximate surface area is 133 Å². The van der Waals surface area contributed by atoms with Gasteiger partial charge in [-0.3, -0.25) is 14.7 Å². The molecule has 0 radical (unpaired) electrons. The summed E-state index contributed by atoms with van der Waals surface area (Å²) >= 11 is 0. The van der Waals surface area contributed by atoms with Gasteiger partial charge < -0.3 is 4.74 Å². The van der Waals surface area contributed by atoms with Crippen LogP contribution < -0.4 is 9.04 Å². The van der Waals surface area contributed by atoms with Gasteiger partial charge in [0.2, 0.25) is 0 Å². The molecular weight excluding hydrogens is 324 g/mol. The third kappa shape index (κ3) is 4.18. The van der Waals surface area contributed by atoms with Gasteiger partial charge in [0.15, 0.2) is 6.23 Å². The second-order valence-electron chi connectivity index (χ2n) is 4.58. The highest BCUT2D eigenvalue weighted by molar-refractivity contribution is 7.87. The van der Waals surface area contributed by atoms with Gasteiger partial charge in [0, 0.05) is 12.1 Å². The number of nitro groups is 1. The average Bonchev–Trinajstić information content (AvgIpc) is 2.47. The number of anilines is 1. The zero-order valence-electron chi connectivity index (χ0n) is 12.1. The van der Waals surface area contributed by atoms with Crippen LogP contribution in [0.3, 0.4) is 0 Å². The molecule has 0 saturated heterocycles. The number of rotatable bonds is 6. The molecule has 2 rings (SSSR count). The van der Waals surface area contributed by atoms with Crippen molar-refractivity contribution >= 4 is 21.7 Å². The summed E-state index contributed by atoms with van der Waals surface area (Å²) < 4.78 is 38.8. The number of para-hydroxylation sites is 1. The largest absolute Gasteiger partial charge is 0.470 e. The quantitative estimate of drug-likeness (QED) is 0.375. The molecule has 0 amide bonds. The lowest BCUT2D eigenvalue weighted by Crippen LogP contribution is -2.41. The van der Waals surface area contributed by atoms with Crippen molar-refractivity contribution in [2.75, 3.05) is 4.31 Å². The Morgan fingerprint density at radius 3 is 2.17 bits per heavy atom. The predicted molar refractivity (Wildman–Crippen MR) is 83.7 cm³/mol. The first kappa shape index (κ1) is 16.7. The van der Waals surface area contributed by atoms with Crippen LogP contribution in [0, 0.1) is 10.1 Å². The summed E-state index contributed by atoms with van der Waals surface area (Å²) in [4.78, 5) is 10.0. The molecule has 8 nitrogen and oxygen atoms in total. The number of hydrogen-bond acceptors (Lipinski definition) is 5. The number of benzene rings is 2. The Bertz CT molecular complexity index is 777. The van der Waals surface area contributed by atoms with Crippen molar-refractivity contribution in [2.24, 2.45) is 0 Å². The fourth-order valence-electron chi connectivity index (χ4n) is 2.00. The molecule has 0 bridgehead atoms. The molecule has 0 aromatic heterocycles. The summed E-state index contributed by atoms with van der Waals surface area (Å²) in [5.41, 5.74) is 0.115. The van der Waals surface area contributed by atoms with Crippen molar-refractivity contribution in [3.8, 4) is 5.75 Å². The lowest BCUT2D eigenvalue weighted by Gasteiger charge is -2.27. The molecule has 2 aromatic rings. The predicted octanol–water partition coefficient (Wildman–Crippen LogP) is 2.63. The van der Waals surface area contributed by atoms with E-state index in [-0.39, 0.29) is 17.1 Å². The number of hydrogen-bond donors (Lipinski definition) is 1. The van der Waals surface area contributed by atoms with Gasteiger partial charge >= 0.3 is 10.3 Å². The van der Waals surface area contributed by atoms with Gasteiger partial charge in [0.05, 0.1) is 10.6 Å². The molecule has 9 heteroatoms. The number of non-ortho nitro benzene ring substituents is 1. The fraction of sp³-hybridized carbons (Fsp3) is 0.143. The molecular formula is C14H14N2O6S. The van der Waals surface area contributed by atoms with Crippen LogP contribution in [0.1, 0.15) is 6.92 Å². The normalized spacial score (nSPS) is 12.4. The Balaban J connectivity index is 2.25. The third-order valence-electron chi connectivity index (χ3n) is 2.94. The van der Waals surface area contributed by atoms with Gasteiger partial charge in [-0.2, -0.15) is 8.42 Å². The minimum Gasteiger partial charge on any atom is -0.470 e. The van der Waals surface area contributed by atoms with E-state index in [0.717, 1.165) is 0 Å². The fourth-order valence-corrected chi connectivity index (χ4v) is 2.80. The highest BCUT2D eigenvalue weighted by Crippen LogP contribution is 2.24. The number of nitro benzene ring substituents is 1. The first-order chi connectivity index (χ1) is 10.8. The van der Waals surface area contributed by atoms with E-state index in [0.29, 0.717) is 4.31 Å². The van der Waals surface area contributed by atoms with Crippen molar-refractivity contribution in [1.29, 1.82) is 0 Å². The van der Waals surface area contributed by atoms with Crippen LogP contribution in [-0.4, -0.2) is 24.1 Å². The Hall–Kier alpha value is -2.65. The first-order valence-corrected chi connectivity index (χ1v) is 7.92. The van der Waals surface area contributed by atoms with E-state index in [1.54, 1.807) is 18.2 Å². The second kappa shape index (κ2) is 6.63. The molecule has 0 spiro atoms. The van der Waals surface area contributed by atoms with E-state index in [1.165, 1.54) is 43.3 Å². The summed E-state index contributed by atoms with van der Waals surface area (Å²) in [5.74, 6) is 0.229. The summed E-state index contributed by atoms with van der Waals surface area (Å²) in [7, 11) is -4.56. The van der Waals surface area contributed by atoms with Crippen LogP contribution in [0.4, 0.5) is 11.4 Å². The molecule has 0 heterocycles. The summed E-state index contributed by atoms with van der Waals surface area (Å²) in [5, 5.41) is 10.6. The van der Waals surface area contributed by atoms with Gasteiger partial charge in [0.1, 0.15) is 5.75 Å². The molecule has 0 saturated carbocycles. The second-order valence-corrected chi connectivity index (χ2v) is 5.87. The molecule has 1 unspecified atom stereocenters. The topological polar surface area (TPSA) is 110 Å². The Morgan fingerprint density at radius 2 is 1.70 bits per heavy atom. The van der Waals surface area contributed by atoms with Crippen LogP contribution in [0.5, 0.6) is 5.75 Å². The van der Waals surface area contributed by atoms with Gasteiger partial charge in [0.25, 0.3) is 5.69 Å². The maximum atomic E-state index is 11.6. The molecule has 2 aromatic carbocycles. The van der Waals surface area contributed by atoms with E-state index in [9.17, 15) is 23.1 Å². The summed E-state index contributed by atoms with van der Waals surface area (Å²) in [6.45, 7) is 1.43. The van der Waals surface area contributed by atoms with Gasteiger partial charge in [-0.25, -0.2) is 4.31 Å². The monoisotopic (exact) mass is 338 g/mol. The van der Waals surface area contributed by atoms with Gasteiger partial charge in [-0.1, -0.05) is 18.2 Å². The Morgan fingerprint density at radius 1 is 1.13 bits per heavy atom. The summed E-state index contributed by atoms with van der Waals surface area (Å²) in [6, 6.07) is 13.1. The van der Waals surface area contributed by atoms with Crippen LogP contribution >= 0.6 is 0 Å². The van der Waals surface area contributed by atoms with E-state index >= 15 is 0 Å². The van der Waals surface area contributed by atoms with Gasteiger partial charge in [-0.05, 0) is 31.2 Å². The van der Waals surface area contributed by atoms with Crippen LogP contribution in [0.2, 0.25) is 0 Å². The lowest BCUT2D eigenvalue weighted by molar-refractivity contribution is -0.384. The van der Waals surface area contributed by atoms with Crippen molar-refractivity contribution in [3.05, 3.63) is 64.7 Å². The highest BCUT2D eigenvalue weighted by Gasteiger charge is 2.27. The van der Waals surface area contributed by atoms with Crippen molar-refractivity contribution in [1.82, 2.24) is 0 Å². The molecule has 0 aliphatic rings. The van der Waals surface area contributed by atoms with E-state index in [2.05, 4.69) is 0 Å².